The van der Waals surface area contributed by atoms with Gasteiger partial charge in [0.15, 0.2) is 10.7 Å². The van der Waals surface area contributed by atoms with Crippen LogP contribution < -0.4 is 11.3 Å². The van der Waals surface area contributed by atoms with Crippen molar-refractivity contribution in [1.82, 2.24) is 9.38 Å². The molecule has 27 heavy (non-hydrogen) atoms. The third-order valence-electron chi connectivity index (χ3n) is 4.65. The summed E-state index contributed by atoms with van der Waals surface area (Å²) in [7, 11) is 1.43. The molecule has 2 heterocycles. The summed E-state index contributed by atoms with van der Waals surface area (Å²) in [5, 5.41) is 0. The molecule has 2 N–H and O–H groups in total. The number of nitrogen functional groups attached to an aromatic ring is 1. The van der Waals surface area contributed by atoms with E-state index in [2.05, 4.69) is 17.1 Å². The van der Waals surface area contributed by atoms with Crippen molar-refractivity contribution in [2.45, 2.75) is 13.8 Å². The Morgan fingerprint density at radius 3 is 2.67 bits per heavy atom. The Kier molecular flexibility index (Phi) is 3.96. The number of nitrogens with zero attached hydrogens (tertiary/aromatic N) is 2. The lowest BCUT2D eigenvalue weighted by Crippen LogP contribution is -2.16. The smallest absolute Gasteiger partial charge is 0.283 e. The molecule has 1 aromatic carbocycles. The first kappa shape index (κ1) is 17.2. The second-order valence-electron chi connectivity index (χ2n) is 6.39. The Morgan fingerprint density at radius 1 is 1.19 bits per heavy atom. The van der Waals surface area contributed by atoms with Gasteiger partial charge in [-0.05, 0) is 60.9 Å². The second kappa shape index (κ2) is 6.21. The number of ketones is 1. The first-order valence-corrected chi connectivity index (χ1v) is 9.12. The van der Waals surface area contributed by atoms with Crippen LogP contribution in [0.4, 0.5) is 5.82 Å². The van der Waals surface area contributed by atoms with Crippen LogP contribution in [-0.2, 0) is 9.53 Å². The van der Waals surface area contributed by atoms with Gasteiger partial charge in [0.05, 0.1) is 22.9 Å². The van der Waals surface area contributed by atoms with Crippen molar-refractivity contribution >= 4 is 44.2 Å². The number of aromatic nitrogens is 2. The molecular formula is C20H17N3O3S. The number of anilines is 1. The van der Waals surface area contributed by atoms with E-state index in [0.29, 0.717) is 16.4 Å². The van der Waals surface area contributed by atoms with Crippen molar-refractivity contribution in [3.63, 3.8) is 0 Å². The highest BCUT2D eigenvalue weighted by Gasteiger charge is 2.16. The van der Waals surface area contributed by atoms with Crippen LogP contribution in [0.5, 0.6) is 0 Å². The first-order valence-electron chi connectivity index (χ1n) is 8.31. The number of thiazole rings is 1. The van der Waals surface area contributed by atoms with E-state index in [1.54, 1.807) is 22.6 Å². The fourth-order valence-electron chi connectivity index (χ4n) is 3.04. The lowest BCUT2D eigenvalue weighted by atomic mass is 10.0. The summed E-state index contributed by atoms with van der Waals surface area (Å²) < 4.78 is 7.89. The zero-order valence-electron chi connectivity index (χ0n) is 15.1. The van der Waals surface area contributed by atoms with Crippen LogP contribution >= 0.6 is 11.3 Å². The van der Waals surface area contributed by atoms with Crippen LogP contribution in [0.3, 0.4) is 0 Å². The zero-order chi connectivity index (χ0) is 19.3. The maximum absolute atomic E-state index is 12.6. The van der Waals surface area contributed by atoms with Crippen LogP contribution in [0.1, 0.15) is 16.7 Å². The number of methoxy groups -OCH3 is 1. The topological polar surface area (TPSA) is 86.7 Å². The Bertz CT molecular complexity index is 1280. The fourth-order valence-corrected chi connectivity index (χ4v) is 4.14. The number of nitrogens with two attached hydrogens (primary N) is 1. The van der Waals surface area contributed by atoms with Gasteiger partial charge >= 0.3 is 0 Å². The molecule has 0 amide bonds. The third-order valence-corrected chi connectivity index (χ3v) is 5.66. The van der Waals surface area contributed by atoms with Crippen LogP contribution in [0.25, 0.3) is 21.3 Å². The molecule has 0 fully saturated rings. The monoisotopic (exact) mass is 379 g/mol. The van der Waals surface area contributed by atoms with Gasteiger partial charge in [0.25, 0.3) is 5.56 Å². The molecule has 0 saturated heterocycles. The summed E-state index contributed by atoms with van der Waals surface area (Å²) in [4.78, 5) is 29.0. The van der Waals surface area contributed by atoms with Crippen molar-refractivity contribution < 1.29 is 9.53 Å². The highest BCUT2D eigenvalue weighted by molar-refractivity contribution is 7.23. The van der Waals surface area contributed by atoms with Gasteiger partial charge in [0, 0.05) is 0 Å². The number of allylic oxidation sites excluding steroid dienone is 4. The largest absolute Gasteiger partial charge is 0.493 e. The molecule has 136 valence electrons. The third kappa shape index (κ3) is 2.76. The molecule has 0 bridgehead atoms. The summed E-state index contributed by atoms with van der Waals surface area (Å²) in [6.07, 6.45) is 6.23. The molecule has 0 spiro atoms. The molecule has 1 aliphatic rings. The maximum atomic E-state index is 12.6. The van der Waals surface area contributed by atoms with E-state index < -0.39 is 5.56 Å². The van der Waals surface area contributed by atoms with Gasteiger partial charge in [-0.25, -0.2) is 0 Å². The molecule has 0 atom stereocenters. The minimum atomic E-state index is -0.405. The van der Waals surface area contributed by atoms with E-state index in [-0.39, 0.29) is 17.1 Å². The molecular weight excluding hydrogens is 362 g/mol. The van der Waals surface area contributed by atoms with E-state index in [9.17, 15) is 9.59 Å². The summed E-state index contributed by atoms with van der Waals surface area (Å²) in [6, 6.07) is 4.13. The SMILES string of the molecule is COC1=CC(=Cc2c(N)n3c(nc2=O)sc2cc(C)c(C)cc23)C=CC1=O. The van der Waals surface area contributed by atoms with Gasteiger partial charge in [-0.1, -0.05) is 17.4 Å². The van der Waals surface area contributed by atoms with E-state index in [1.165, 1.54) is 30.1 Å². The number of fused-ring (bicyclic) bond motifs is 3. The average molecular weight is 379 g/mol. The van der Waals surface area contributed by atoms with E-state index in [0.717, 1.165) is 15.8 Å². The van der Waals surface area contributed by atoms with E-state index in [1.807, 2.05) is 13.8 Å². The van der Waals surface area contributed by atoms with Crippen molar-refractivity contribution in [3.05, 3.63) is 68.7 Å². The van der Waals surface area contributed by atoms with Crippen LogP contribution in [-0.4, -0.2) is 22.3 Å². The van der Waals surface area contributed by atoms with Crippen LogP contribution in [0, 0.1) is 13.8 Å². The number of aryl methyl sites for hydroxylation is 2. The van der Waals surface area contributed by atoms with E-state index >= 15 is 0 Å². The zero-order valence-corrected chi connectivity index (χ0v) is 15.9. The van der Waals surface area contributed by atoms with Gasteiger partial charge < -0.3 is 10.5 Å². The predicted molar refractivity (Wildman–Crippen MR) is 108 cm³/mol. The molecule has 0 unspecified atom stereocenters. The molecule has 0 aliphatic heterocycles. The van der Waals surface area contributed by atoms with Crippen molar-refractivity contribution in [2.24, 2.45) is 0 Å². The highest BCUT2D eigenvalue weighted by atomic mass is 32.1. The highest BCUT2D eigenvalue weighted by Crippen LogP contribution is 2.30. The van der Waals surface area contributed by atoms with Gasteiger partial charge in [-0.15, -0.1) is 0 Å². The minimum absolute atomic E-state index is 0.212. The number of hydrogen-bond acceptors (Lipinski definition) is 6. The number of ether oxygens (including phenoxy) is 1. The quantitative estimate of drug-likeness (QED) is 0.739. The van der Waals surface area contributed by atoms with Gasteiger partial charge in [0.2, 0.25) is 5.78 Å². The molecule has 6 nitrogen and oxygen atoms in total. The lowest BCUT2D eigenvalue weighted by molar-refractivity contribution is -0.114. The molecule has 4 rings (SSSR count). The Labute approximate surface area is 158 Å². The van der Waals surface area contributed by atoms with Crippen LogP contribution in [0.2, 0.25) is 0 Å². The molecule has 2 aromatic heterocycles. The Hall–Kier alpha value is -3.19. The summed E-state index contributed by atoms with van der Waals surface area (Å²) >= 11 is 1.43. The number of carbonyl (C=O) groups excluding carboxylic acids is 1. The summed E-state index contributed by atoms with van der Waals surface area (Å²) in [6.45, 7) is 4.08. The minimum Gasteiger partial charge on any atom is -0.493 e. The number of benzene rings is 1. The maximum Gasteiger partial charge on any atom is 0.283 e. The molecule has 1 aliphatic carbocycles. The molecule has 0 radical (unpaired) electrons. The predicted octanol–water partition coefficient (Wildman–Crippen LogP) is 3.16. The Balaban J connectivity index is 1.98. The standard InChI is InChI=1S/C20H17N3O3S/c1-10-6-14-17(7-11(10)2)27-20-22-19(25)13(18(21)23(14)20)8-12-4-5-15(24)16(9-12)26-3/h4-9H,21H2,1-3H3. The first-order chi connectivity index (χ1) is 12.9. The summed E-state index contributed by atoms with van der Waals surface area (Å²) in [5.41, 5.74) is 10.1. The summed E-state index contributed by atoms with van der Waals surface area (Å²) in [5.74, 6) is 0.316. The van der Waals surface area contributed by atoms with Crippen molar-refractivity contribution in [3.8, 4) is 0 Å². The molecule has 3 aromatic rings. The van der Waals surface area contributed by atoms with E-state index in [4.69, 9.17) is 10.5 Å². The Morgan fingerprint density at radius 2 is 1.93 bits per heavy atom. The normalized spacial score (nSPS) is 15.7. The fraction of sp³-hybridized carbons (Fsp3) is 0.150. The number of carbonyl (C=O) groups is 1. The number of hydrogen-bond donors (Lipinski definition) is 1. The van der Waals surface area contributed by atoms with Gasteiger partial charge in [0.1, 0.15) is 5.82 Å². The van der Waals surface area contributed by atoms with Gasteiger partial charge in [-0.2, -0.15) is 4.98 Å². The molecule has 0 saturated carbocycles. The molecule has 7 heteroatoms. The van der Waals surface area contributed by atoms with Crippen LogP contribution in [0.15, 0.2) is 46.5 Å². The number of rotatable bonds is 2. The van der Waals surface area contributed by atoms with Crippen molar-refractivity contribution in [2.75, 3.05) is 12.8 Å². The second-order valence-corrected chi connectivity index (χ2v) is 7.40. The van der Waals surface area contributed by atoms with Crippen molar-refractivity contribution in [1.29, 1.82) is 0 Å². The lowest BCUT2D eigenvalue weighted by Gasteiger charge is -2.09. The van der Waals surface area contributed by atoms with Gasteiger partial charge in [-0.3, -0.25) is 14.0 Å². The average Bonchev–Trinajstić information content (AvgIpc) is 2.97.